The van der Waals surface area contributed by atoms with Gasteiger partial charge in [-0.1, -0.05) is 31.2 Å². The summed E-state index contributed by atoms with van der Waals surface area (Å²) in [7, 11) is 0. The van der Waals surface area contributed by atoms with E-state index in [0.29, 0.717) is 0 Å². The number of carbonyl (C=O) groups is 2. The first-order chi connectivity index (χ1) is 15.3. The molecule has 0 bridgehead atoms. The van der Waals surface area contributed by atoms with Gasteiger partial charge in [0, 0.05) is 17.1 Å². The lowest BCUT2D eigenvalue weighted by atomic mass is 10.1. The molecule has 32 heavy (non-hydrogen) atoms. The Labute approximate surface area is 191 Å². The number of hydrogen-bond donors (Lipinski definition) is 1. The fraction of sp³-hybridized carbons (Fsp3) is 0.160. The zero-order valence-corrected chi connectivity index (χ0v) is 18.8. The molecule has 1 aromatic heterocycles. The molecular weight excluding hydrogens is 425 g/mol. The molecule has 4 rings (SSSR count). The highest BCUT2D eigenvalue weighted by Gasteiger charge is 2.35. The number of nitrogens with one attached hydrogen (secondary N) is 1. The highest BCUT2D eigenvalue weighted by molar-refractivity contribution is 7.80. The zero-order valence-electron chi connectivity index (χ0n) is 18.0. The molecule has 0 unspecified atom stereocenters. The van der Waals surface area contributed by atoms with E-state index in [1.807, 2.05) is 32.0 Å². The van der Waals surface area contributed by atoms with Gasteiger partial charge in [0.2, 0.25) is 0 Å². The van der Waals surface area contributed by atoms with Crippen molar-refractivity contribution < 1.29 is 14.0 Å². The molecule has 0 spiro atoms. The van der Waals surface area contributed by atoms with Crippen LogP contribution in [0, 0.1) is 19.7 Å². The maximum atomic E-state index is 13.7. The van der Waals surface area contributed by atoms with Crippen LogP contribution in [0.15, 0.2) is 60.2 Å². The summed E-state index contributed by atoms with van der Waals surface area (Å²) in [6.45, 7) is 6.04. The van der Waals surface area contributed by atoms with E-state index in [0.717, 1.165) is 34.0 Å². The van der Waals surface area contributed by atoms with Crippen molar-refractivity contribution in [2.75, 3.05) is 4.90 Å². The number of carbonyl (C=O) groups excluding carboxylic acids is 2. The summed E-state index contributed by atoms with van der Waals surface area (Å²) in [4.78, 5) is 27.0. The third-order valence-corrected chi connectivity index (χ3v) is 5.84. The molecule has 3 aromatic rings. The van der Waals surface area contributed by atoms with Crippen molar-refractivity contribution >= 4 is 40.9 Å². The number of nitrogens with zero attached hydrogens (tertiary/aromatic N) is 2. The van der Waals surface area contributed by atoms with E-state index in [-0.39, 0.29) is 16.4 Å². The first kappa shape index (κ1) is 21.6. The Bertz CT molecular complexity index is 1290. The first-order valence-corrected chi connectivity index (χ1v) is 10.7. The van der Waals surface area contributed by atoms with Gasteiger partial charge < -0.3 is 4.57 Å². The molecule has 7 heteroatoms. The van der Waals surface area contributed by atoms with Crippen molar-refractivity contribution in [3.63, 3.8) is 0 Å². The van der Waals surface area contributed by atoms with Crippen LogP contribution in [0.3, 0.4) is 0 Å². The fourth-order valence-electron chi connectivity index (χ4n) is 4.00. The Morgan fingerprint density at radius 1 is 1.06 bits per heavy atom. The maximum absolute atomic E-state index is 13.7. The molecule has 1 aliphatic heterocycles. The molecule has 162 valence electrons. The van der Waals surface area contributed by atoms with Gasteiger partial charge in [0.15, 0.2) is 5.11 Å². The topological polar surface area (TPSA) is 54.3 Å². The summed E-state index contributed by atoms with van der Waals surface area (Å²) < 4.78 is 15.9. The molecule has 0 atom stereocenters. The second-order valence-corrected chi connectivity index (χ2v) is 7.97. The summed E-state index contributed by atoms with van der Waals surface area (Å²) in [5.41, 5.74) is 5.09. The average Bonchev–Trinajstić information content (AvgIpc) is 3.03. The van der Waals surface area contributed by atoms with E-state index in [1.54, 1.807) is 12.1 Å². The summed E-state index contributed by atoms with van der Waals surface area (Å²) in [5.74, 6) is -1.67. The van der Waals surface area contributed by atoms with Crippen LogP contribution < -0.4 is 10.2 Å². The van der Waals surface area contributed by atoms with Gasteiger partial charge in [0.1, 0.15) is 11.4 Å². The number of halogens is 1. The maximum Gasteiger partial charge on any atom is 0.270 e. The number of hydrogen-bond acceptors (Lipinski definition) is 3. The Balaban J connectivity index is 1.79. The van der Waals surface area contributed by atoms with Crippen LogP contribution in [0.1, 0.15) is 29.4 Å². The second kappa shape index (κ2) is 8.51. The van der Waals surface area contributed by atoms with Gasteiger partial charge in [-0.2, -0.15) is 0 Å². The van der Waals surface area contributed by atoms with E-state index in [9.17, 15) is 14.0 Å². The Morgan fingerprint density at radius 3 is 2.53 bits per heavy atom. The predicted octanol–water partition coefficient (Wildman–Crippen LogP) is 4.63. The highest BCUT2D eigenvalue weighted by Crippen LogP contribution is 2.27. The molecule has 0 aliphatic carbocycles. The molecule has 1 aliphatic rings. The molecule has 0 radical (unpaired) electrons. The van der Waals surface area contributed by atoms with E-state index in [4.69, 9.17) is 12.2 Å². The van der Waals surface area contributed by atoms with Crippen molar-refractivity contribution in [3.8, 4) is 5.69 Å². The zero-order chi connectivity index (χ0) is 23.0. The SMILES string of the molecule is CCc1ccccc1-n1c(C)cc(/C=C2\C(=O)NC(=S)N(c3cccc(F)c3)C2=O)c1C. The monoisotopic (exact) mass is 447 g/mol. The van der Waals surface area contributed by atoms with Gasteiger partial charge in [-0.25, -0.2) is 4.39 Å². The Hall–Kier alpha value is -3.58. The van der Waals surface area contributed by atoms with Crippen molar-refractivity contribution in [1.82, 2.24) is 9.88 Å². The third-order valence-electron chi connectivity index (χ3n) is 5.55. The lowest BCUT2D eigenvalue weighted by Crippen LogP contribution is -2.54. The van der Waals surface area contributed by atoms with E-state index in [2.05, 4.69) is 28.9 Å². The minimum Gasteiger partial charge on any atom is -0.318 e. The van der Waals surface area contributed by atoms with E-state index < -0.39 is 17.6 Å². The molecule has 2 aromatic carbocycles. The number of benzene rings is 2. The Kier molecular flexibility index (Phi) is 5.76. The van der Waals surface area contributed by atoms with Crippen LogP contribution in [-0.4, -0.2) is 21.5 Å². The quantitative estimate of drug-likeness (QED) is 0.361. The van der Waals surface area contributed by atoms with Crippen LogP contribution in [0.5, 0.6) is 0 Å². The van der Waals surface area contributed by atoms with Gasteiger partial charge in [0.25, 0.3) is 11.8 Å². The number of thiocarbonyl (C=S) groups is 1. The lowest BCUT2D eigenvalue weighted by molar-refractivity contribution is -0.122. The van der Waals surface area contributed by atoms with Crippen LogP contribution >= 0.6 is 12.2 Å². The molecule has 2 heterocycles. The number of aryl methyl sites for hydroxylation is 2. The minimum atomic E-state index is -0.594. The molecule has 5 nitrogen and oxygen atoms in total. The van der Waals surface area contributed by atoms with Gasteiger partial charge in [-0.3, -0.25) is 19.8 Å². The largest absolute Gasteiger partial charge is 0.318 e. The minimum absolute atomic E-state index is 0.0631. The van der Waals surface area contributed by atoms with Crippen LogP contribution in [-0.2, 0) is 16.0 Å². The van der Waals surface area contributed by atoms with Gasteiger partial charge in [-0.05, 0) is 80.0 Å². The number of amides is 2. The molecule has 0 saturated carbocycles. The molecule has 1 saturated heterocycles. The number of anilines is 1. The van der Waals surface area contributed by atoms with Crippen molar-refractivity contribution in [1.29, 1.82) is 0 Å². The Morgan fingerprint density at radius 2 is 1.81 bits per heavy atom. The third kappa shape index (κ3) is 3.76. The highest BCUT2D eigenvalue weighted by atomic mass is 32.1. The van der Waals surface area contributed by atoms with Crippen molar-refractivity contribution in [2.24, 2.45) is 0 Å². The molecule has 1 N–H and O–H groups in total. The summed E-state index contributed by atoms with van der Waals surface area (Å²) >= 11 is 5.19. The standard InChI is InChI=1S/C25H22FN3O2S/c1-4-17-8-5-6-11-22(17)28-15(2)12-18(16(28)3)13-21-23(30)27-25(32)29(24(21)31)20-10-7-9-19(26)14-20/h5-14H,4H2,1-3H3,(H,27,30,32)/b21-13+. The fourth-order valence-corrected chi connectivity index (χ4v) is 4.28. The summed E-state index contributed by atoms with van der Waals surface area (Å²) in [6.07, 6.45) is 2.45. The van der Waals surface area contributed by atoms with Crippen molar-refractivity contribution in [2.45, 2.75) is 27.2 Å². The smallest absolute Gasteiger partial charge is 0.270 e. The second-order valence-electron chi connectivity index (χ2n) is 7.58. The van der Waals surface area contributed by atoms with E-state index >= 15 is 0 Å². The summed E-state index contributed by atoms with van der Waals surface area (Å²) in [6, 6.07) is 15.6. The number of para-hydroxylation sites is 1. The van der Waals surface area contributed by atoms with Crippen molar-refractivity contribution in [3.05, 3.63) is 88.5 Å². The van der Waals surface area contributed by atoms with Gasteiger partial charge in [-0.15, -0.1) is 0 Å². The van der Waals surface area contributed by atoms with Crippen LogP contribution in [0.2, 0.25) is 0 Å². The van der Waals surface area contributed by atoms with Gasteiger partial charge >= 0.3 is 0 Å². The first-order valence-electron chi connectivity index (χ1n) is 10.3. The molecule has 1 fully saturated rings. The normalized spacial score (nSPS) is 15.4. The van der Waals surface area contributed by atoms with Gasteiger partial charge in [0.05, 0.1) is 5.69 Å². The predicted molar refractivity (Wildman–Crippen MR) is 127 cm³/mol. The van der Waals surface area contributed by atoms with Crippen LogP contribution in [0.25, 0.3) is 11.8 Å². The average molecular weight is 448 g/mol. The number of rotatable bonds is 4. The lowest BCUT2D eigenvalue weighted by Gasteiger charge is -2.28. The number of aromatic nitrogens is 1. The molecule has 2 amide bonds. The van der Waals surface area contributed by atoms with Crippen LogP contribution in [0.4, 0.5) is 10.1 Å². The van der Waals surface area contributed by atoms with E-state index in [1.165, 1.54) is 23.8 Å². The summed E-state index contributed by atoms with van der Waals surface area (Å²) in [5, 5.41) is 2.46. The molecular formula is C25H22FN3O2S.